The Morgan fingerprint density at radius 1 is 1.56 bits per heavy atom. The first-order chi connectivity index (χ1) is 7.65. The molecule has 94 valence electrons. The van der Waals surface area contributed by atoms with Crippen LogP contribution in [0.4, 0.5) is 0 Å². The van der Waals surface area contributed by atoms with Crippen LogP contribution < -0.4 is 10.6 Å². The first-order valence-corrected chi connectivity index (χ1v) is 5.86. The van der Waals surface area contributed by atoms with Gasteiger partial charge < -0.3 is 20.5 Å². The number of carbonyl (C=O) groups excluding carboxylic acids is 1. The quantitative estimate of drug-likeness (QED) is 0.538. The van der Waals surface area contributed by atoms with Crippen LogP contribution in [0, 0.1) is 5.92 Å². The van der Waals surface area contributed by atoms with Gasteiger partial charge in [-0.2, -0.15) is 0 Å². The standard InChI is InChI=1S/C11H22N2O3/c1-8(14)4-3-5-13-11(15)9-6-16-7-10(9)12-2/h8-10,12,14H,3-7H2,1-2H3,(H,13,15). The van der Waals surface area contributed by atoms with Gasteiger partial charge in [0.25, 0.3) is 0 Å². The van der Waals surface area contributed by atoms with E-state index in [2.05, 4.69) is 10.6 Å². The highest BCUT2D eigenvalue weighted by atomic mass is 16.5. The van der Waals surface area contributed by atoms with Crippen LogP contribution in [0.15, 0.2) is 0 Å². The zero-order valence-electron chi connectivity index (χ0n) is 10.0. The van der Waals surface area contributed by atoms with Gasteiger partial charge in [0, 0.05) is 12.6 Å². The molecule has 1 rings (SSSR count). The number of hydrogen-bond donors (Lipinski definition) is 3. The van der Waals surface area contributed by atoms with Crippen LogP contribution in [0.1, 0.15) is 19.8 Å². The molecule has 3 N–H and O–H groups in total. The molecule has 1 aliphatic heterocycles. The van der Waals surface area contributed by atoms with Crippen molar-refractivity contribution in [3.63, 3.8) is 0 Å². The van der Waals surface area contributed by atoms with Crippen molar-refractivity contribution in [1.29, 1.82) is 0 Å². The predicted octanol–water partition coefficient (Wildman–Crippen LogP) is -0.502. The highest BCUT2D eigenvalue weighted by molar-refractivity contribution is 5.79. The summed E-state index contributed by atoms with van der Waals surface area (Å²) in [6.45, 7) is 3.47. The zero-order valence-corrected chi connectivity index (χ0v) is 10.0. The average molecular weight is 230 g/mol. The number of carbonyl (C=O) groups is 1. The lowest BCUT2D eigenvalue weighted by molar-refractivity contribution is -0.125. The van der Waals surface area contributed by atoms with Crippen LogP contribution >= 0.6 is 0 Å². The van der Waals surface area contributed by atoms with Gasteiger partial charge in [0.05, 0.1) is 25.2 Å². The molecule has 5 heteroatoms. The van der Waals surface area contributed by atoms with Crippen molar-refractivity contribution in [2.45, 2.75) is 31.9 Å². The minimum Gasteiger partial charge on any atom is -0.393 e. The maximum atomic E-state index is 11.8. The summed E-state index contributed by atoms with van der Waals surface area (Å²) in [7, 11) is 1.84. The van der Waals surface area contributed by atoms with Gasteiger partial charge in [-0.25, -0.2) is 0 Å². The number of aliphatic hydroxyl groups excluding tert-OH is 1. The molecule has 5 nitrogen and oxygen atoms in total. The van der Waals surface area contributed by atoms with Crippen molar-refractivity contribution in [1.82, 2.24) is 10.6 Å². The van der Waals surface area contributed by atoms with Crippen LogP contribution in [0.5, 0.6) is 0 Å². The SMILES string of the molecule is CNC1COCC1C(=O)NCCCC(C)O. The molecule has 0 radical (unpaired) electrons. The monoisotopic (exact) mass is 230 g/mol. The minimum atomic E-state index is -0.295. The van der Waals surface area contributed by atoms with Crippen molar-refractivity contribution < 1.29 is 14.6 Å². The molecular weight excluding hydrogens is 208 g/mol. The van der Waals surface area contributed by atoms with Crippen LogP contribution in [0.25, 0.3) is 0 Å². The van der Waals surface area contributed by atoms with Crippen LogP contribution in [0.2, 0.25) is 0 Å². The van der Waals surface area contributed by atoms with E-state index in [-0.39, 0.29) is 24.0 Å². The molecule has 1 heterocycles. The maximum Gasteiger partial charge on any atom is 0.227 e. The van der Waals surface area contributed by atoms with Gasteiger partial charge in [-0.1, -0.05) is 0 Å². The highest BCUT2D eigenvalue weighted by Gasteiger charge is 2.32. The summed E-state index contributed by atoms with van der Waals surface area (Å²) in [5.41, 5.74) is 0. The van der Waals surface area contributed by atoms with Gasteiger partial charge in [-0.3, -0.25) is 4.79 Å². The fourth-order valence-electron chi connectivity index (χ4n) is 1.84. The number of amides is 1. The normalized spacial score (nSPS) is 26.7. The van der Waals surface area contributed by atoms with Crippen molar-refractivity contribution in [3.05, 3.63) is 0 Å². The van der Waals surface area contributed by atoms with Crippen molar-refractivity contribution in [2.75, 3.05) is 26.8 Å². The Kier molecular flexibility index (Phi) is 5.73. The molecule has 0 aromatic heterocycles. The van der Waals surface area contributed by atoms with E-state index < -0.39 is 0 Å². The zero-order chi connectivity index (χ0) is 12.0. The van der Waals surface area contributed by atoms with Gasteiger partial charge in [-0.05, 0) is 26.8 Å². The number of hydrogen-bond acceptors (Lipinski definition) is 4. The second-order valence-corrected chi connectivity index (χ2v) is 4.32. The van der Waals surface area contributed by atoms with Crippen LogP contribution in [-0.2, 0) is 9.53 Å². The summed E-state index contributed by atoms with van der Waals surface area (Å²) in [6.07, 6.45) is 1.23. The van der Waals surface area contributed by atoms with Crippen molar-refractivity contribution in [3.8, 4) is 0 Å². The summed E-state index contributed by atoms with van der Waals surface area (Å²) in [5, 5.41) is 15.0. The van der Waals surface area contributed by atoms with E-state index in [1.165, 1.54) is 0 Å². The largest absolute Gasteiger partial charge is 0.393 e. The molecular formula is C11H22N2O3. The third-order valence-electron chi connectivity index (χ3n) is 2.89. The molecule has 3 atom stereocenters. The number of ether oxygens (including phenoxy) is 1. The summed E-state index contributed by atoms with van der Waals surface area (Å²) < 4.78 is 5.26. The molecule has 0 aromatic carbocycles. The predicted molar refractivity (Wildman–Crippen MR) is 61.1 cm³/mol. The Hall–Kier alpha value is -0.650. The van der Waals surface area contributed by atoms with E-state index >= 15 is 0 Å². The summed E-state index contributed by atoms with van der Waals surface area (Å²) in [4.78, 5) is 11.8. The molecule has 0 spiro atoms. The molecule has 0 saturated carbocycles. The smallest absolute Gasteiger partial charge is 0.227 e. The molecule has 16 heavy (non-hydrogen) atoms. The van der Waals surface area contributed by atoms with E-state index in [9.17, 15) is 4.79 Å². The van der Waals surface area contributed by atoms with E-state index in [1.807, 2.05) is 7.05 Å². The number of nitrogens with one attached hydrogen (secondary N) is 2. The van der Waals surface area contributed by atoms with Gasteiger partial charge in [0.1, 0.15) is 0 Å². The summed E-state index contributed by atoms with van der Waals surface area (Å²) >= 11 is 0. The van der Waals surface area contributed by atoms with Gasteiger partial charge in [-0.15, -0.1) is 0 Å². The summed E-state index contributed by atoms with van der Waals surface area (Å²) in [6, 6.07) is 0.122. The first-order valence-electron chi connectivity index (χ1n) is 5.86. The molecule has 0 bridgehead atoms. The maximum absolute atomic E-state index is 11.8. The lowest BCUT2D eigenvalue weighted by Crippen LogP contribution is -2.42. The molecule has 1 amide bonds. The summed E-state index contributed by atoms with van der Waals surface area (Å²) in [5.74, 6) is -0.0426. The molecule has 3 unspecified atom stereocenters. The number of likely N-dealkylation sites (N-methyl/N-ethyl adjacent to an activating group) is 1. The van der Waals surface area contributed by atoms with Gasteiger partial charge in [0.2, 0.25) is 5.91 Å². The van der Waals surface area contributed by atoms with Gasteiger partial charge in [0.15, 0.2) is 0 Å². The van der Waals surface area contributed by atoms with Crippen LogP contribution in [-0.4, -0.2) is 50.0 Å². The van der Waals surface area contributed by atoms with Gasteiger partial charge >= 0.3 is 0 Å². The molecule has 0 aliphatic carbocycles. The van der Waals surface area contributed by atoms with E-state index in [4.69, 9.17) is 9.84 Å². The fraction of sp³-hybridized carbons (Fsp3) is 0.909. The Balaban J connectivity index is 2.19. The number of rotatable bonds is 6. The van der Waals surface area contributed by atoms with E-state index in [1.54, 1.807) is 6.92 Å². The Bertz CT molecular complexity index is 221. The first kappa shape index (κ1) is 13.4. The van der Waals surface area contributed by atoms with E-state index in [0.717, 1.165) is 12.8 Å². The van der Waals surface area contributed by atoms with Crippen LogP contribution in [0.3, 0.4) is 0 Å². The average Bonchev–Trinajstić information content (AvgIpc) is 2.71. The van der Waals surface area contributed by atoms with E-state index in [0.29, 0.717) is 19.8 Å². The topological polar surface area (TPSA) is 70.6 Å². The molecule has 1 saturated heterocycles. The fourth-order valence-corrected chi connectivity index (χ4v) is 1.84. The third kappa shape index (κ3) is 4.08. The Labute approximate surface area is 96.6 Å². The molecule has 1 aliphatic rings. The second-order valence-electron chi connectivity index (χ2n) is 4.32. The third-order valence-corrected chi connectivity index (χ3v) is 2.89. The Morgan fingerprint density at radius 3 is 2.94 bits per heavy atom. The number of aliphatic hydroxyl groups is 1. The lowest BCUT2D eigenvalue weighted by atomic mass is 10.0. The molecule has 0 aromatic rings. The Morgan fingerprint density at radius 2 is 2.31 bits per heavy atom. The highest BCUT2D eigenvalue weighted by Crippen LogP contribution is 2.13. The second kappa shape index (κ2) is 6.83. The van der Waals surface area contributed by atoms with Crippen molar-refractivity contribution in [2.24, 2.45) is 5.92 Å². The lowest BCUT2D eigenvalue weighted by Gasteiger charge is -2.16. The molecule has 1 fully saturated rings. The van der Waals surface area contributed by atoms with Crippen molar-refractivity contribution >= 4 is 5.91 Å². The minimum absolute atomic E-state index is 0.0439.